The van der Waals surface area contributed by atoms with Crippen LogP contribution in [0.3, 0.4) is 0 Å². The molecule has 0 aromatic heterocycles. The average Bonchev–Trinajstić information content (AvgIpc) is 2.66. The summed E-state index contributed by atoms with van der Waals surface area (Å²) in [6.07, 6.45) is 0. The summed E-state index contributed by atoms with van der Waals surface area (Å²) in [5, 5.41) is 4.05. The molecule has 0 heterocycles. The second-order valence-electron chi connectivity index (χ2n) is 7.30. The third-order valence-corrected chi connectivity index (χ3v) is 3.37. The first-order valence-electron chi connectivity index (χ1n) is 9.15. The predicted molar refractivity (Wildman–Crippen MR) is 110 cm³/mol. The number of esters is 1. The summed E-state index contributed by atoms with van der Waals surface area (Å²) in [4.78, 5) is 16.4. The number of carbonyl (C=O) groups excluding carboxylic acids is 1. The molecule has 7 nitrogen and oxygen atoms in total. The van der Waals surface area contributed by atoms with Crippen LogP contribution in [-0.4, -0.2) is 31.0 Å². The lowest BCUT2D eigenvalue weighted by molar-refractivity contribution is -0.131. The minimum Gasteiger partial charge on any atom is -0.493 e. The molecule has 0 atom stereocenters. The first-order chi connectivity index (χ1) is 13.7. The lowest BCUT2D eigenvalue weighted by Crippen LogP contribution is -2.18. The van der Waals surface area contributed by atoms with Gasteiger partial charge in [-0.1, -0.05) is 5.16 Å². The van der Waals surface area contributed by atoms with E-state index in [9.17, 15) is 4.79 Å². The lowest BCUT2D eigenvalue weighted by atomic mass is 10.2. The molecule has 0 fully saturated rings. The van der Waals surface area contributed by atoms with Crippen LogP contribution in [0.5, 0.6) is 28.7 Å². The highest BCUT2D eigenvalue weighted by molar-refractivity contribution is 5.82. The molecular formula is C22H27NO6. The summed E-state index contributed by atoms with van der Waals surface area (Å²) in [6.45, 7) is 9.30. The molecule has 2 rings (SSSR count). The van der Waals surface area contributed by atoms with E-state index in [1.807, 2.05) is 27.7 Å². The van der Waals surface area contributed by atoms with Crippen molar-refractivity contribution in [3.05, 3.63) is 42.5 Å². The normalized spacial score (nSPS) is 11.6. The zero-order valence-electron chi connectivity index (χ0n) is 17.6. The maximum absolute atomic E-state index is 11.1. The Morgan fingerprint density at radius 2 is 1.55 bits per heavy atom. The topological polar surface area (TPSA) is 75.6 Å². The maximum Gasteiger partial charge on any atom is 0.308 e. The van der Waals surface area contributed by atoms with Gasteiger partial charge in [0.2, 0.25) is 0 Å². The van der Waals surface area contributed by atoms with Gasteiger partial charge in [0.25, 0.3) is 0 Å². The van der Waals surface area contributed by atoms with Crippen molar-refractivity contribution >= 4 is 11.7 Å². The summed E-state index contributed by atoms with van der Waals surface area (Å²) < 4.78 is 21.9. The van der Waals surface area contributed by atoms with Gasteiger partial charge in [-0.3, -0.25) is 4.79 Å². The Kier molecular flexibility index (Phi) is 7.47. The molecule has 0 aliphatic heterocycles. The van der Waals surface area contributed by atoms with Crippen LogP contribution in [0.15, 0.2) is 47.6 Å². The van der Waals surface area contributed by atoms with E-state index in [2.05, 4.69) is 5.16 Å². The second kappa shape index (κ2) is 9.82. The zero-order valence-corrected chi connectivity index (χ0v) is 17.6. The maximum atomic E-state index is 11.1. The molecule has 7 heteroatoms. The average molecular weight is 401 g/mol. The molecule has 0 N–H and O–H groups in total. The molecule has 0 amide bonds. The van der Waals surface area contributed by atoms with E-state index < -0.39 is 5.97 Å². The Morgan fingerprint density at radius 1 is 0.931 bits per heavy atom. The van der Waals surface area contributed by atoms with Crippen LogP contribution in [0.25, 0.3) is 0 Å². The fraction of sp³-hybridized carbons (Fsp3) is 0.364. The Hall–Kier alpha value is -3.22. The molecule has 0 saturated carbocycles. The van der Waals surface area contributed by atoms with Gasteiger partial charge in [0, 0.05) is 13.0 Å². The van der Waals surface area contributed by atoms with Gasteiger partial charge in [0.15, 0.2) is 11.5 Å². The molecule has 0 aliphatic rings. The van der Waals surface area contributed by atoms with E-state index in [4.69, 9.17) is 23.8 Å². The fourth-order valence-electron chi connectivity index (χ4n) is 2.12. The van der Waals surface area contributed by atoms with Gasteiger partial charge >= 0.3 is 5.97 Å². The molecule has 2 aromatic carbocycles. The van der Waals surface area contributed by atoms with Crippen LogP contribution in [0.2, 0.25) is 0 Å². The highest BCUT2D eigenvalue weighted by atomic mass is 16.6. The number of methoxy groups -OCH3 is 1. The van der Waals surface area contributed by atoms with Crippen LogP contribution in [-0.2, 0) is 9.63 Å². The minimum atomic E-state index is -0.401. The summed E-state index contributed by atoms with van der Waals surface area (Å²) in [7, 11) is 1.52. The van der Waals surface area contributed by atoms with Gasteiger partial charge in [-0.05, 0) is 64.1 Å². The monoisotopic (exact) mass is 401 g/mol. The van der Waals surface area contributed by atoms with E-state index in [1.54, 1.807) is 42.5 Å². The van der Waals surface area contributed by atoms with Crippen molar-refractivity contribution in [1.82, 2.24) is 0 Å². The van der Waals surface area contributed by atoms with Crippen LogP contribution in [0, 0.1) is 0 Å². The van der Waals surface area contributed by atoms with Crippen LogP contribution < -0.4 is 18.9 Å². The van der Waals surface area contributed by atoms with Gasteiger partial charge < -0.3 is 23.8 Å². The van der Waals surface area contributed by atoms with E-state index in [0.29, 0.717) is 35.4 Å². The standard InChI is InChI=1S/C22H27NO6/c1-15(23-29-22(3,4)5)14-26-17-7-9-18(10-8-17)28-20-12-11-19(27-16(2)24)13-21(20)25-6/h7-13H,14H2,1-6H3. The van der Waals surface area contributed by atoms with Gasteiger partial charge in [-0.25, -0.2) is 0 Å². The number of hydrogen-bond acceptors (Lipinski definition) is 7. The number of benzene rings is 2. The third-order valence-electron chi connectivity index (χ3n) is 3.37. The first-order valence-corrected chi connectivity index (χ1v) is 9.15. The van der Waals surface area contributed by atoms with Crippen molar-refractivity contribution in [2.24, 2.45) is 5.16 Å². The van der Waals surface area contributed by atoms with Crippen molar-refractivity contribution in [3.63, 3.8) is 0 Å². The van der Waals surface area contributed by atoms with Gasteiger partial charge in [0.1, 0.15) is 29.5 Å². The predicted octanol–water partition coefficient (Wildman–Crippen LogP) is 4.98. The Bertz CT molecular complexity index is 853. The molecule has 0 bridgehead atoms. The molecule has 0 radical (unpaired) electrons. The second-order valence-corrected chi connectivity index (χ2v) is 7.30. The minimum absolute atomic E-state index is 0.321. The SMILES string of the molecule is COc1cc(OC(C)=O)ccc1Oc1ccc(OCC(C)=NOC(C)(C)C)cc1. The van der Waals surface area contributed by atoms with Crippen LogP contribution in [0.1, 0.15) is 34.6 Å². The number of ether oxygens (including phenoxy) is 4. The summed E-state index contributed by atoms with van der Waals surface area (Å²) in [6, 6.07) is 12.1. The highest BCUT2D eigenvalue weighted by Gasteiger charge is 2.11. The smallest absolute Gasteiger partial charge is 0.308 e. The summed E-state index contributed by atoms with van der Waals surface area (Å²) >= 11 is 0. The van der Waals surface area contributed by atoms with Gasteiger partial charge in [-0.15, -0.1) is 0 Å². The first kappa shape index (κ1) is 22.1. The van der Waals surface area contributed by atoms with Crippen molar-refractivity contribution < 1.29 is 28.6 Å². The number of nitrogens with zero attached hydrogens (tertiary/aromatic N) is 1. The summed E-state index contributed by atoms with van der Waals surface area (Å²) in [5.41, 5.74) is 0.399. The molecule has 29 heavy (non-hydrogen) atoms. The highest BCUT2D eigenvalue weighted by Crippen LogP contribution is 2.35. The molecular weight excluding hydrogens is 374 g/mol. The van der Waals surface area contributed by atoms with Crippen LogP contribution >= 0.6 is 0 Å². The van der Waals surface area contributed by atoms with Gasteiger partial charge in [0.05, 0.1) is 12.8 Å². The largest absolute Gasteiger partial charge is 0.493 e. The number of rotatable bonds is 8. The van der Waals surface area contributed by atoms with E-state index in [1.165, 1.54) is 14.0 Å². The Balaban J connectivity index is 1.97. The third kappa shape index (κ3) is 7.73. The van der Waals surface area contributed by atoms with Crippen LogP contribution in [0.4, 0.5) is 0 Å². The van der Waals surface area contributed by atoms with Crippen molar-refractivity contribution in [3.8, 4) is 28.7 Å². The van der Waals surface area contributed by atoms with Crippen molar-refractivity contribution in [2.75, 3.05) is 13.7 Å². The molecule has 0 saturated heterocycles. The molecule has 0 aliphatic carbocycles. The van der Waals surface area contributed by atoms with E-state index >= 15 is 0 Å². The molecule has 2 aromatic rings. The number of oxime groups is 1. The van der Waals surface area contributed by atoms with Crippen molar-refractivity contribution in [2.45, 2.75) is 40.2 Å². The van der Waals surface area contributed by atoms with E-state index in [0.717, 1.165) is 5.71 Å². The Morgan fingerprint density at radius 3 is 2.14 bits per heavy atom. The molecule has 0 unspecified atom stereocenters. The Labute approximate surface area is 171 Å². The molecule has 0 spiro atoms. The van der Waals surface area contributed by atoms with E-state index in [-0.39, 0.29) is 5.60 Å². The quantitative estimate of drug-likeness (QED) is 0.269. The number of carbonyl (C=O) groups is 1. The van der Waals surface area contributed by atoms with Gasteiger partial charge in [-0.2, -0.15) is 0 Å². The number of hydrogen-bond donors (Lipinski definition) is 0. The van der Waals surface area contributed by atoms with Crippen molar-refractivity contribution in [1.29, 1.82) is 0 Å². The molecule has 156 valence electrons. The summed E-state index contributed by atoms with van der Waals surface area (Å²) in [5.74, 6) is 2.23. The zero-order chi connectivity index (χ0) is 21.4. The lowest BCUT2D eigenvalue weighted by Gasteiger charge is -2.16. The fourth-order valence-corrected chi connectivity index (χ4v) is 2.12.